The molecule has 1 aliphatic heterocycles. The number of rotatable bonds is 17. The van der Waals surface area contributed by atoms with E-state index in [9.17, 15) is 67.7 Å². The summed E-state index contributed by atoms with van der Waals surface area (Å²) in [6.07, 6.45) is -2.75. The minimum absolute atomic E-state index is 0.0805. The monoisotopic (exact) mass is 918 g/mol. The van der Waals surface area contributed by atoms with Gasteiger partial charge in [-0.05, 0) is 36.5 Å². The van der Waals surface area contributed by atoms with Gasteiger partial charge >= 0.3 is 0 Å². The minimum atomic E-state index is -1.85. The Morgan fingerprint density at radius 1 is 0.800 bits per heavy atom. The van der Waals surface area contributed by atoms with Gasteiger partial charge in [0, 0.05) is 26.3 Å². The van der Waals surface area contributed by atoms with Gasteiger partial charge < -0.3 is 74.8 Å². The van der Waals surface area contributed by atoms with E-state index in [1.54, 1.807) is 13.8 Å². The van der Waals surface area contributed by atoms with Crippen molar-refractivity contribution in [3.8, 4) is 5.75 Å². The van der Waals surface area contributed by atoms with Crippen LogP contribution in [0.1, 0.15) is 57.9 Å². The fourth-order valence-corrected chi connectivity index (χ4v) is 6.14. The molecule has 16 N–H and O–H groups in total. The number of hydrogen-bond acceptors (Lipinski definition) is 14. The third kappa shape index (κ3) is 18.9. The van der Waals surface area contributed by atoms with Gasteiger partial charge in [0.05, 0.1) is 32.7 Å². The van der Waals surface area contributed by atoms with Gasteiger partial charge in [-0.25, -0.2) is 0 Å². The number of likely N-dealkylation sites (N-methyl/N-ethyl adjacent to an activating group) is 1. The molecule has 0 spiro atoms. The molecule has 0 bridgehead atoms. The van der Waals surface area contributed by atoms with E-state index in [0.29, 0.717) is 12.0 Å². The first-order chi connectivity index (χ1) is 30.5. The number of aliphatic hydroxyl groups excluding tert-OH is 1. The molecule has 3 unspecified atom stereocenters. The Hall–Kier alpha value is -7.38. The topological polar surface area (TPSA) is 423 Å². The summed E-state index contributed by atoms with van der Waals surface area (Å²) in [5, 5.41) is 38.1. The number of carbonyl (C=O) groups excluding carboxylic acids is 12. The third-order valence-corrected chi connectivity index (χ3v) is 9.92. The maximum absolute atomic E-state index is 13.9. The number of nitrogens with zero attached hydrogens (tertiary/aromatic N) is 1. The lowest BCUT2D eigenvalue weighted by Gasteiger charge is -2.29. The van der Waals surface area contributed by atoms with Crippen molar-refractivity contribution in [2.24, 2.45) is 23.1 Å². The fraction of sp³-hybridized carbons (Fsp3) is 0.538. The molecule has 0 saturated carbocycles. The molecule has 26 heteroatoms. The molecule has 1 fully saturated rings. The van der Waals surface area contributed by atoms with Crippen LogP contribution < -0.4 is 59.7 Å². The Labute approximate surface area is 372 Å². The van der Waals surface area contributed by atoms with Gasteiger partial charge in [0.15, 0.2) is 0 Å². The van der Waals surface area contributed by atoms with Crippen molar-refractivity contribution in [1.82, 2.24) is 47.4 Å². The van der Waals surface area contributed by atoms with Crippen LogP contribution in [0.15, 0.2) is 24.3 Å². The van der Waals surface area contributed by atoms with Gasteiger partial charge in [0.2, 0.25) is 70.9 Å². The number of hydrogen-bond donors (Lipinski definition) is 13. The van der Waals surface area contributed by atoms with Crippen LogP contribution in [0.3, 0.4) is 0 Å². The van der Waals surface area contributed by atoms with Crippen LogP contribution in [0.4, 0.5) is 0 Å². The molecule has 1 heterocycles. The van der Waals surface area contributed by atoms with Crippen molar-refractivity contribution in [2.45, 2.75) is 95.0 Å². The molecule has 7 atom stereocenters. The van der Waals surface area contributed by atoms with Crippen molar-refractivity contribution in [3.63, 3.8) is 0 Å². The van der Waals surface area contributed by atoms with Crippen molar-refractivity contribution in [1.29, 1.82) is 0 Å². The van der Waals surface area contributed by atoms with Crippen LogP contribution in [-0.4, -0.2) is 156 Å². The molecule has 2 rings (SSSR count). The lowest BCUT2D eigenvalue weighted by atomic mass is 9.96. The first-order valence-electron chi connectivity index (χ1n) is 20.4. The Bertz CT molecular complexity index is 1950. The molecule has 1 aromatic rings. The van der Waals surface area contributed by atoms with Gasteiger partial charge in [0.1, 0.15) is 42.0 Å². The average Bonchev–Trinajstić information content (AvgIpc) is 3.24. The lowest BCUT2D eigenvalue weighted by molar-refractivity contribution is -0.140. The fourth-order valence-electron chi connectivity index (χ4n) is 6.14. The third-order valence-electron chi connectivity index (χ3n) is 9.92. The highest BCUT2D eigenvalue weighted by molar-refractivity contribution is 5.99. The SMILES string of the molecule is CCC(C)C1NC(=O)[C@H](Cc2ccc(O)cc2)NC(=O)CNC(=O)CC[C@@H](C(=O)N(C)CC(=O)N[C@@H](CO)C(=O)NCC(N)=O)NC(=O)C(CC(N)=O)NC(=O)[C@H](CCC(N)=O)NC1=O. The van der Waals surface area contributed by atoms with E-state index < -0.39 is 171 Å². The zero-order valence-electron chi connectivity index (χ0n) is 36.1. The van der Waals surface area contributed by atoms with E-state index in [0.717, 1.165) is 11.9 Å². The summed E-state index contributed by atoms with van der Waals surface area (Å²) in [5.41, 5.74) is 16.2. The summed E-state index contributed by atoms with van der Waals surface area (Å²) in [6, 6.07) is -3.85. The van der Waals surface area contributed by atoms with Gasteiger partial charge in [-0.2, -0.15) is 0 Å². The highest BCUT2D eigenvalue weighted by atomic mass is 16.3. The van der Waals surface area contributed by atoms with E-state index in [1.807, 2.05) is 0 Å². The van der Waals surface area contributed by atoms with Gasteiger partial charge in [-0.15, -0.1) is 0 Å². The second kappa shape index (κ2) is 26.3. The van der Waals surface area contributed by atoms with Crippen molar-refractivity contribution < 1.29 is 67.7 Å². The number of primary amides is 3. The van der Waals surface area contributed by atoms with E-state index in [1.165, 1.54) is 24.3 Å². The molecule has 1 aliphatic rings. The molecule has 12 amide bonds. The maximum atomic E-state index is 13.9. The van der Waals surface area contributed by atoms with Crippen LogP contribution in [0.2, 0.25) is 0 Å². The smallest absolute Gasteiger partial charge is 0.245 e. The summed E-state index contributed by atoms with van der Waals surface area (Å²) < 4.78 is 0. The van der Waals surface area contributed by atoms with E-state index >= 15 is 0 Å². The summed E-state index contributed by atoms with van der Waals surface area (Å²) in [5.74, 6) is -12.5. The zero-order chi connectivity index (χ0) is 49.0. The van der Waals surface area contributed by atoms with Gasteiger partial charge in [0.25, 0.3) is 0 Å². The Morgan fingerprint density at radius 2 is 1.42 bits per heavy atom. The standard InChI is InChI=1S/C39H58N12O14/c1-4-19(2)33-38(64)47-22(9-11-27(40)54)35(61)49-25(14-28(41)55)36(62)48-23(39(65)51(3)17-32(59)46-26(18-52)34(60)44-15-29(42)56)10-12-30(57)43-16-31(58)45-24(37(63)50-33)13-20-5-7-21(53)8-6-20/h5-8,19,22-26,33,52-53H,4,9-18H2,1-3H3,(H2,40,54)(H2,41,55)(H2,42,56)(H,43,57)(H,44,60)(H,45,58)(H,46,59)(H,47,64)(H,48,62)(H,49,61)(H,50,63)/t19?,22-,23-,24-,25?,26-,33?/m0/s1. The summed E-state index contributed by atoms with van der Waals surface area (Å²) >= 11 is 0. The molecule has 0 radical (unpaired) electrons. The van der Waals surface area contributed by atoms with Crippen LogP contribution in [0, 0.1) is 5.92 Å². The predicted octanol–water partition coefficient (Wildman–Crippen LogP) is -7.01. The number of benzene rings is 1. The number of amides is 12. The second-order valence-electron chi connectivity index (χ2n) is 15.2. The molecule has 358 valence electrons. The quantitative estimate of drug-likeness (QED) is 0.0691. The number of phenols is 1. The summed E-state index contributed by atoms with van der Waals surface area (Å²) in [4.78, 5) is 157. The Balaban J connectivity index is 2.58. The lowest BCUT2D eigenvalue weighted by Crippen LogP contribution is -2.61. The highest BCUT2D eigenvalue weighted by Gasteiger charge is 2.36. The minimum Gasteiger partial charge on any atom is -0.508 e. The molecule has 65 heavy (non-hydrogen) atoms. The predicted molar refractivity (Wildman–Crippen MR) is 224 cm³/mol. The molecular formula is C39H58N12O14. The molecule has 26 nitrogen and oxygen atoms in total. The normalized spacial score (nSPS) is 21.3. The van der Waals surface area contributed by atoms with Crippen LogP contribution in [-0.2, 0) is 64.0 Å². The number of aliphatic hydroxyl groups is 1. The Morgan fingerprint density at radius 3 is 2.00 bits per heavy atom. The van der Waals surface area contributed by atoms with Crippen molar-refractivity contribution in [2.75, 3.05) is 33.3 Å². The van der Waals surface area contributed by atoms with Crippen LogP contribution in [0.25, 0.3) is 0 Å². The Kier molecular flexibility index (Phi) is 21.7. The number of aromatic hydroxyl groups is 1. The first-order valence-corrected chi connectivity index (χ1v) is 20.4. The van der Waals surface area contributed by atoms with E-state index in [-0.39, 0.29) is 12.2 Å². The summed E-state index contributed by atoms with van der Waals surface area (Å²) in [7, 11) is 1.10. The van der Waals surface area contributed by atoms with Crippen molar-refractivity contribution >= 4 is 70.9 Å². The molecule has 0 aromatic heterocycles. The zero-order valence-corrected chi connectivity index (χ0v) is 36.1. The number of nitrogens with one attached hydrogen (secondary N) is 8. The molecule has 1 aromatic carbocycles. The van der Waals surface area contributed by atoms with Gasteiger partial charge in [-0.3, -0.25) is 57.5 Å². The van der Waals surface area contributed by atoms with E-state index in [4.69, 9.17) is 17.2 Å². The van der Waals surface area contributed by atoms with E-state index in [2.05, 4.69) is 42.5 Å². The van der Waals surface area contributed by atoms with Crippen LogP contribution in [0.5, 0.6) is 5.75 Å². The number of carbonyl (C=O) groups is 12. The molecule has 0 aliphatic carbocycles. The molecular weight excluding hydrogens is 860 g/mol. The van der Waals surface area contributed by atoms with Crippen LogP contribution >= 0.6 is 0 Å². The van der Waals surface area contributed by atoms with Crippen molar-refractivity contribution in [3.05, 3.63) is 29.8 Å². The largest absolute Gasteiger partial charge is 0.508 e. The van der Waals surface area contributed by atoms with Gasteiger partial charge in [-0.1, -0.05) is 32.4 Å². The average molecular weight is 919 g/mol. The molecule has 1 saturated heterocycles. The first kappa shape index (κ1) is 53.8. The summed E-state index contributed by atoms with van der Waals surface area (Å²) in [6.45, 7) is 0.268. The number of phenolic OH excluding ortho intramolecular Hbond substituents is 1. The highest BCUT2D eigenvalue weighted by Crippen LogP contribution is 2.14. The second-order valence-corrected chi connectivity index (χ2v) is 15.2. The number of nitrogens with two attached hydrogens (primary N) is 3. The maximum Gasteiger partial charge on any atom is 0.245 e.